The number of esters is 1. The van der Waals surface area contributed by atoms with E-state index in [2.05, 4.69) is 5.32 Å². The molecule has 2 amide bonds. The molecule has 1 aliphatic rings. The van der Waals surface area contributed by atoms with Gasteiger partial charge in [-0.15, -0.1) is 0 Å². The van der Waals surface area contributed by atoms with Crippen molar-refractivity contribution in [1.29, 1.82) is 5.26 Å². The average molecular weight is 405 g/mol. The summed E-state index contributed by atoms with van der Waals surface area (Å²) in [5.41, 5.74) is 3.51. The van der Waals surface area contributed by atoms with Crippen LogP contribution in [0.4, 0.5) is 11.4 Å². The summed E-state index contributed by atoms with van der Waals surface area (Å²) in [6, 6.07) is 14.3. The standard InChI is InChI=1S/C23H23N3O4/c1-14-7-6-10-20(15(14)2)26-13-18(11-21(26)27)23(29)30-16(3)22(28)25-19-9-5-4-8-17(19)12-24/h4-10,16,18H,11,13H2,1-3H3,(H,25,28)/t16-,18-/m0/s1. The van der Waals surface area contributed by atoms with Gasteiger partial charge in [-0.3, -0.25) is 14.4 Å². The molecule has 7 heteroatoms. The number of rotatable bonds is 5. The molecule has 7 nitrogen and oxygen atoms in total. The van der Waals surface area contributed by atoms with Gasteiger partial charge in [-0.1, -0.05) is 24.3 Å². The van der Waals surface area contributed by atoms with Crippen LogP contribution in [0, 0.1) is 31.1 Å². The molecule has 30 heavy (non-hydrogen) atoms. The number of anilines is 2. The van der Waals surface area contributed by atoms with Crippen molar-refractivity contribution in [2.24, 2.45) is 5.92 Å². The van der Waals surface area contributed by atoms with E-state index in [9.17, 15) is 14.4 Å². The molecule has 1 N–H and O–H groups in total. The molecule has 1 saturated heterocycles. The molecular weight excluding hydrogens is 382 g/mol. The van der Waals surface area contributed by atoms with Gasteiger partial charge >= 0.3 is 5.97 Å². The molecule has 1 aliphatic heterocycles. The van der Waals surface area contributed by atoms with Crippen molar-refractivity contribution >= 4 is 29.2 Å². The number of nitrogens with zero attached hydrogens (tertiary/aromatic N) is 2. The number of hydrogen-bond acceptors (Lipinski definition) is 5. The Morgan fingerprint density at radius 2 is 1.93 bits per heavy atom. The van der Waals surface area contributed by atoms with E-state index in [0.29, 0.717) is 11.3 Å². The lowest BCUT2D eigenvalue weighted by molar-refractivity contribution is -0.157. The van der Waals surface area contributed by atoms with Crippen molar-refractivity contribution in [3.63, 3.8) is 0 Å². The fourth-order valence-electron chi connectivity index (χ4n) is 3.37. The van der Waals surface area contributed by atoms with Gasteiger partial charge in [-0.25, -0.2) is 0 Å². The van der Waals surface area contributed by atoms with Crippen LogP contribution in [0.25, 0.3) is 0 Å². The van der Waals surface area contributed by atoms with Gasteiger partial charge in [0.1, 0.15) is 6.07 Å². The van der Waals surface area contributed by atoms with Crippen molar-refractivity contribution < 1.29 is 19.1 Å². The van der Waals surface area contributed by atoms with Gasteiger partial charge in [-0.05, 0) is 50.1 Å². The molecule has 2 aromatic rings. The molecular formula is C23H23N3O4. The maximum Gasteiger partial charge on any atom is 0.312 e. The van der Waals surface area contributed by atoms with Crippen molar-refractivity contribution in [1.82, 2.24) is 0 Å². The second-order valence-corrected chi connectivity index (χ2v) is 7.35. The molecule has 0 spiro atoms. The number of amides is 2. The van der Waals surface area contributed by atoms with Crippen LogP contribution in [0.5, 0.6) is 0 Å². The molecule has 154 valence electrons. The number of benzene rings is 2. The van der Waals surface area contributed by atoms with Crippen LogP contribution in [0.15, 0.2) is 42.5 Å². The number of para-hydroxylation sites is 1. The van der Waals surface area contributed by atoms with Crippen molar-refractivity contribution in [3.05, 3.63) is 59.2 Å². The van der Waals surface area contributed by atoms with Crippen LogP contribution in [-0.4, -0.2) is 30.4 Å². The fraction of sp³-hybridized carbons (Fsp3) is 0.304. The molecule has 0 aromatic heterocycles. The number of carbonyl (C=O) groups is 3. The Morgan fingerprint density at radius 1 is 1.20 bits per heavy atom. The zero-order chi connectivity index (χ0) is 21.8. The lowest BCUT2D eigenvalue weighted by atomic mass is 10.1. The molecule has 0 saturated carbocycles. The summed E-state index contributed by atoms with van der Waals surface area (Å²) in [6.07, 6.45) is -1.02. The van der Waals surface area contributed by atoms with Crippen LogP contribution in [-0.2, 0) is 19.1 Å². The third kappa shape index (κ3) is 4.33. The van der Waals surface area contributed by atoms with Gasteiger partial charge in [0, 0.05) is 18.7 Å². The summed E-state index contributed by atoms with van der Waals surface area (Å²) in [7, 11) is 0. The topological polar surface area (TPSA) is 99.5 Å². The van der Waals surface area contributed by atoms with E-state index >= 15 is 0 Å². The van der Waals surface area contributed by atoms with E-state index in [1.54, 1.807) is 29.2 Å². The minimum Gasteiger partial charge on any atom is -0.452 e. The highest BCUT2D eigenvalue weighted by molar-refractivity contribution is 6.01. The third-order valence-corrected chi connectivity index (χ3v) is 5.29. The molecule has 0 radical (unpaired) electrons. The summed E-state index contributed by atoms with van der Waals surface area (Å²) in [6.45, 7) is 5.58. The number of ether oxygens (including phenoxy) is 1. The molecule has 2 atom stereocenters. The van der Waals surface area contributed by atoms with E-state index in [1.165, 1.54) is 6.92 Å². The molecule has 3 rings (SSSR count). The van der Waals surface area contributed by atoms with E-state index < -0.39 is 23.9 Å². The smallest absolute Gasteiger partial charge is 0.312 e. The zero-order valence-electron chi connectivity index (χ0n) is 17.1. The van der Waals surface area contributed by atoms with Gasteiger partial charge in [0.05, 0.1) is 17.2 Å². The molecule has 1 fully saturated rings. The summed E-state index contributed by atoms with van der Waals surface area (Å²) in [5.74, 6) is -1.92. The van der Waals surface area contributed by atoms with Crippen molar-refractivity contribution in [3.8, 4) is 6.07 Å². The minimum atomic E-state index is -1.06. The van der Waals surface area contributed by atoms with Crippen LogP contribution >= 0.6 is 0 Å². The number of carbonyl (C=O) groups excluding carboxylic acids is 3. The Hall–Kier alpha value is -3.66. The summed E-state index contributed by atoms with van der Waals surface area (Å²) >= 11 is 0. The zero-order valence-corrected chi connectivity index (χ0v) is 17.1. The highest BCUT2D eigenvalue weighted by Gasteiger charge is 2.37. The van der Waals surface area contributed by atoms with Gasteiger partial charge in [-0.2, -0.15) is 5.26 Å². The van der Waals surface area contributed by atoms with E-state index in [-0.39, 0.29) is 18.9 Å². The lowest BCUT2D eigenvalue weighted by Crippen LogP contribution is -2.33. The quantitative estimate of drug-likeness (QED) is 0.771. The maximum atomic E-state index is 12.6. The van der Waals surface area contributed by atoms with E-state index in [4.69, 9.17) is 10.00 Å². The van der Waals surface area contributed by atoms with Gasteiger partial charge in [0.2, 0.25) is 5.91 Å². The summed E-state index contributed by atoms with van der Waals surface area (Å²) in [5, 5.41) is 11.7. The average Bonchev–Trinajstić information content (AvgIpc) is 3.12. The number of hydrogen-bond donors (Lipinski definition) is 1. The van der Waals surface area contributed by atoms with Crippen LogP contribution in [0.2, 0.25) is 0 Å². The second kappa shape index (κ2) is 8.78. The number of nitriles is 1. The van der Waals surface area contributed by atoms with Crippen LogP contribution in [0.3, 0.4) is 0 Å². The van der Waals surface area contributed by atoms with E-state index in [0.717, 1.165) is 16.8 Å². The Morgan fingerprint density at radius 3 is 2.67 bits per heavy atom. The normalized spacial score (nSPS) is 16.7. The highest BCUT2D eigenvalue weighted by atomic mass is 16.5. The lowest BCUT2D eigenvalue weighted by Gasteiger charge is -2.20. The van der Waals surface area contributed by atoms with Crippen LogP contribution < -0.4 is 10.2 Å². The minimum absolute atomic E-state index is 0.0395. The first-order valence-corrected chi connectivity index (χ1v) is 9.69. The first-order valence-electron chi connectivity index (χ1n) is 9.69. The Bertz CT molecular complexity index is 1040. The largest absolute Gasteiger partial charge is 0.452 e. The monoisotopic (exact) mass is 405 g/mol. The van der Waals surface area contributed by atoms with Gasteiger partial charge in [0.15, 0.2) is 6.10 Å². The Labute approximate surface area is 175 Å². The maximum absolute atomic E-state index is 12.6. The molecule has 2 aromatic carbocycles. The molecule has 0 bridgehead atoms. The number of aryl methyl sites for hydroxylation is 1. The van der Waals surface area contributed by atoms with E-state index in [1.807, 2.05) is 38.1 Å². The third-order valence-electron chi connectivity index (χ3n) is 5.29. The first kappa shape index (κ1) is 21.1. The predicted molar refractivity (Wildman–Crippen MR) is 112 cm³/mol. The Balaban J connectivity index is 1.63. The molecule has 0 aliphatic carbocycles. The highest BCUT2D eigenvalue weighted by Crippen LogP contribution is 2.30. The predicted octanol–water partition coefficient (Wildman–Crippen LogP) is 3.10. The van der Waals surface area contributed by atoms with Gasteiger partial charge < -0.3 is 15.0 Å². The molecule has 0 unspecified atom stereocenters. The number of nitrogens with one attached hydrogen (secondary N) is 1. The van der Waals surface area contributed by atoms with Crippen molar-refractivity contribution in [2.75, 3.05) is 16.8 Å². The van der Waals surface area contributed by atoms with Crippen LogP contribution in [0.1, 0.15) is 30.0 Å². The first-order chi connectivity index (χ1) is 14.3. The Kier molecular flexibility index (Phi) is 6.17. The SMILES string of the molecule is Cc1cccc(N2C[C@@H](C(=O)O[C@@H](C)C(=O)Nc3ccccc3C#N)CC2=O)c1C. The van der Waals surface area contributed by atoms with Crippen molar-refractivity contribution in [2.45, 2.75) is 33.3 Å². The van der Waals surface area contributed by atoms with Gasteiger partial charge in [0.25, 0.3) is 5.91 Å². The fourth-order valence-corrected chi connectivity index (χ4v) is 3.37. The summed E-state index contributed by atoms with van der Waals surface area (Å²) < 4.78 is 5.32. The second-order valence-electron chi connectivity index (χ2n) is 7.35. The molecule has 1 heterocycles. The summed E-state index contributed by atoms with van der Waals surface area (Å²) in [4.78, 5) is 39.1.